The number of amides is 1. The van der Waals surface area contributed by atoms with E-state index in [1.165, 1.54) is 24.5 Å². The van der Waals surface area contributed by atoms with Gasteiger partial charge in [-0.15, -0.1) is 0 Å². The number of rotatable bonds is 6. The molecule has 1 aromatic heterocycles. The van der Waals surface area contributed by atoms with E-state index in [2.05, 4.69) is 4.90 Å². The maximum atomic E-state index is 13.5. The standard InChI is InChI=1S/C31H25FN2O5/c32-21-6-3-5-20(15-21)18-39-28-19-38-22(16-27(28)35)17-33-11-13-34(14-12-33)31(37)26-10-4-9-25-29(26)23-7-1-2-8-24(23)30(25)36/h1-10,15-16,19H,11-14,17-18H2. The summed E-state index contributed by atoms with van der Waals surface area (Å²) < 4.78 is 24.5. The highest BCUT2D eigenvalue weighted by Crippen LogP contribution is 2.39. The first-order chi connectivity index (χ1) is 19.0. The van der Waals surface area contributed by atoms with Crippen LogP contribution in [0.5, 0.6) is 5.75 Å². The third-order valence-corrected chi connectivity index (χ3v) is 7.16. The molecule has 2 heterocycles. The molecule has 0 saturated carbocycles. The summed E-state index contributed by atoms with van der Waals surface area (Å²) >= 11 is 0. The molecule has 0 radical (unpaired) electrons. The summed E-state index contributed by atoms with van der Waals surface area (Å²) in [6.07, 6.45) is 1.28. The van der Waals surface area contributed by atoms with Gasteiger partial charge in [0.1, 0.15) is 24.4 Å². The van der Waals surface area contributed by atoms with E-state index in [4.69, 9.17) is 9.15 Å². The normalized spacial score (nSPS) is 14.7. The predicted octanol–water partition coefficient (Wildman–Crippen LogP) is 4.53. The molecule has 1 saturated heterocycles. The minimum Gasteiger partial charge on any atom is -0.482 e. The van der Waals surface area contributed by atoms with Gasteiger partial charge in [0.25, 0.3) is 5.91 Å². The lowest BCUT2D eigenvalue weighted by Crippen LogP contribution is -2.48. The fraction of sp³-hybridized carbons (Fsp3) is 0.194. The van der Waals surface area contributed by atoms with Crippen LogP contribution in [-0.4, -0.2) is 47.7 Å². The average molecular weight is 525 g/mol. The van der Waals surface area contributed by atoms with E-state index in [0.717, 1.165) is 5.56 Å². The van der Waals surface area contributed by atoms with Gasteiger partial charge in [-0.05, 0) is 29.3 Å². The molecule has 1 aliphatic heterocycles. The Hall–Kier alpha value is -4.56. The first-order valence-electron chi connectivity index (χ1n) is 12.8. The molecule has 0 atom stereocenters. The van der Waals surface area contributed by atoms with Gasteiger partial charge in [0.2, 0.25) is 11.2 Å². The smallest absolute Gasteiger partial charge is 0.254 e. The van der Waals surface area contributed by atoms with Gasteiger partial charge in [-0.2, -0.15) is 0 Å². The van der Waals surface area contributed by atoms with E-state index < -0.39 is 0 Å². The molecule has 6 rings (SSSR count). The molecule has 1 amide bonds. The summed E-state index contributed by atoms with van der Waals surface area (Å²) in [5.74, 6) is 0.0467. The molecule has 7 nitrogen and oxygen atoms in total. The first-order valence-corrected chi connectivity index (χ1v) is 12.8. The largest absolute Gasteiger partial charge is 0.482 e. The van der Waals surface area contributed by atoms with E-state index in [1.54, 1.807) is 41.3 Å². The van der Waals surface area contributed by atoms with Crippen molar-refractivity contribution >= 4 is 11.7 Å². The molecule has 196 valence electrons. The zero-order valence-corrected chi connectivity index (χ0v) is 21.1. The molecular weight excluding hydrogens is 499 g/mol. The van der Waals surface area contributed by atoms with Crippen LogP contribution in [0.1, 0.15) is 37.6 Å². The zero-order chi connectivity index (χ0) is 26.9. The van der Waals surface area contributed by atoms with Crippen LogP contribution in [0.15, 0.2) is 88.3 Å². The van der Waals surface area contributed by atoms with Crippen LogP contribution in [0.4, 0.5) is 4.39 Å². The number of hydrogen-bond acceptors (Lipinski definition) is 6. The van der Waals surface area contributed by atoms with E-state index in [1.807, 2.05) is 18.2 Å². The van der Waals surface area contributed by atoms with Crippen molar-refractivity contribution in [3.63, 3.8) is 0 Å². The lowest BCUT2D eigenvalue weighted by atomic mass is 9.98. The minimum absolute atomic E-state index is 0.0491. The van der Waals surface area contributed by atoms with Gasteiger partial charge >= 0.3 is 0 Å². The topological polar surface area (TPSA) is 80.1 Å². The van der Waals surface area contributed by atoms with E-state index in [9.17, 15) is 18.8 Å². The van der Waals surface area contributed by atoms with Gasteiger partial charge in [0.15, 0.2) is 5.78 Å². The number of carbonyl (C=O) groups excluding carboxylic acids is 2. The molecule has 1 fully saturated rings. The Morgan fingerprint density at radius 3 is 2.38 bits per heavy atom. The van der Waals surface area contributed by atoms with Crippen molar-refractivity contribution < 1.29 is 23.1 Å². The molecule has 0 spiro atoms. The minimum atomic E-state index is -0.367. The number of benzene rings is 3. The molecule has 0 unspecified atom stereocenters. The monoisotopic (exact) mass is 524 g/mol. The molecule has 39 heavy (non-hydrogen) atoms. The fourth-order valence-corrected chi connectivity index (χ4v) is 5.17. The Morgan fingerprint density at radius 1 is 0.872 bits per heavy atom. The van der Waals surface area contributed by atoms with Gasteiger partial charge in [-0.3, -0.25) is 19.3 Å². The maximum absolute atomic E-state index is 13.5. The summed E-state index contributed by atoms with van der Waals surface area (Å²) in [6, 6.07) is 20.1. The summed E-state index contributed by atoms with van der Waals surface area (Å²) in [6.45, 7) is 2.72. The molecule has 8 heteroatoms. The molecule has 3 aromatic carbocycles. The number of carbonyl (C=O) groups is 2. The second kappa shape index (κ2) is 10.3. The number of halogens is 1. The lowest BCUT2D eigenvalue weighted by molar-refractivity contribution is 0.0620. The van der Waals surface area contributed by atoms with Gasteiger partial charge < -0.3 is 14.1 Å². The van der Waals surface area contributed by atoms with Gasteiger partial charge in [-0.25, -0.2) is 4.39 Å². The highest BCUT2D eigenvalue weighted by Gasteiger charge is 2.32. The van der Waals surface area contributed by atoms with Crippen molar-refractivity contribution in [3.8, 4) is 16.9 Å². The van der Waals surface area contributed by atoms with Crippen molar-refractivity contribution in [2.24, 2.45) is 0 Å². The third-order valence-electron chi connectivity index (χ3n) is 7.16. The molecule has 1 aliphatic carbocycles. The Kier molecular flexibility index (Phi) is 6.54. The van der Waals surface area contributed by atoms with Crippen molar-refractivity contribution in [1.29, 1.82) is 0 Å². The highest BCUT2D eigenvalue weighted by molar-refractivity contribution is 6.24. The van der Waals surface area contributed by atoms with Crippen molar-refractivity contribution in [2.45, 2.75) is 13.2 Å². The zero-order valence-electron chi connectivity index (χ0n) is 21.1. The molecule has 4 aromatic rings. The number of nitrogens with zero attached hydrogens (tertiary/aromatic N) is 2. The molecule has 0 N–H and O–H groups in total. The Bertz CT molecular complexity index is 1640. The van der Waals surface area contributed by atoms with E-state index in [-0.39, 0.29) is 35.3 Å². The van der Waals surface area contributed by atoms with E-state index >= 15 is 0 Å². The Balaban J connectivity index is 1.08. The Morgan fingerprint density at radius 2 is 1.62 bits per heavy atom. The van der Waals surface area contributed by atoms with Crippen molar-refractivity contribution in [3.05, 3.63) is 123 Å². The highest BCUT2D eigenvalue weighted by atomic mass is 19.1. The molecular formula is C31H25FN2O5. The quantitative estimate of drug-likeness (QED) is 0.325. The van der Waals surface area contributed by atoms with Gasteiger partial charge in [-0.1, -0.05) is 48.5 Å². The van der Waals surface area contributed by atoms with Gasteiger partial charge in [0, 0.05) is 54.5 Å². The first kappa shape index (κ1) is 24.8. The third kappa shape index (κ3) is 4.86. The summed E-state index contributed by atoms with van der Waals surface area (Å²) in [7, 11) is 0. The number of fused-ring (bicyclic) bond motifs is 3. The molecule has 0 bridgehead atoms. The predicted molar refractivity (Wildman–Crippen MR) is 142 cm³/mol. The number of ether oxygens (including phenoxy) is 1. The van der Waals surface area contributed by atoms with Gasteiger partial charge in [0.05, 0.1) is 6.54 Å². The summed E-state index contributed by atoms with van der Waals surface area (Å²) in [5.41, 5.74) is 3.56. The molecule has 2 aliphatic rings. The Labute approximate surface area is 224 Å². The number of piperazine rings is 1. The lowest BCUT2D eigenvalue weighted by Gasteiger charge is -2.34. The number of ketones is 1. The SMILES string of the molecule is O=C1c2ccccc2-c2c1cccc2C(=O)N1CCN(Cc2cc(=O)c(OCc3cccc(F)c3)co2)CC1. The number of hydrogen-bond donors (Lipinski definition) is 0. The van der Waals surface area contributed by atoms with Crippen molar-refractivity contribution in [2.75, 3.05) is 26.2 Å². The van der Waals surface area contributed by atoms with Crippen LogP contribution in [-0.2, 0) is 13.2 Å². The maximum Gasteiger partial charge on any atom is 0.254 e. The fourth-order valence-electron chi connectivity index (χ4n) is 5.17. The van der Waals surface area contributed by atoms with E-state index in [0.29, 0.717) is 66.3 Å². The van der Waals surface area contributed by atoms with Crippen LogP contribution in [0, 0.1) is 5.82 Å². The second-order valence-corrected chi connectivity index (χ2v) is 9.66. The van der Waals surface area contributed by atoms with Crippen LogP contribution >= 0.6 is 0 Å². The van der Waals surface area contributed by atoms with Crippen LogP contribution < -0.4 is 10.2 Å². The second-order valence-electron chi connectivity index (χ2n) is 9.66. The van der Waals surface area contributed by atoms with Crippen LogP contribution in [0.2, 0.25) is 0 Å². The van der Waals surface area contributed by atoms with Crippen LogP contribution in [0.25, 0.3) is 11.1 Å². The van der Waals surface area contributed by atoms with Crippen molar-refractivity contribution in [1.82, 2.24) is 9.80 Å². The average Bonchev–Trinajstić information content (AvgIpc) is 3.25. The van der Waals surface area contributed by atoms with Crippen LogP contribution in [0.3, 0.4) is 0 Å². The summed E-state index contributed by atoms with van der Waals surface area (Å²) in [5, 5.41) is 0. The summed E-state index contributed by atoms with van der Waals surface area (Å²) in [4.78, 5) is 42.8.